The Labute approximate surface area is 111 Å². The highest BCUT2D eigenvalue weighted by molar-refractivity contribution is 5.40. The highest BCUT2D eigenvalue weighted by atomic mass is 16.3. The summed E-state index contributed by atoms with van der Waals surface area (Å²) in [5, 5.41) is 9.88. The van der Waals surface area contributed by atoms with Crippen molar-refractivity contribution in [2.45, 2.75) is 31.6 Å². The van der Waals surface area contributed by atoms with Crippen molar-refractivity contribution >= 4 is 0 Å². The van der Waals surface area contributed by atoms with E-state index < -0.39 is 0 Å². The molecule has 98 valence electrons. The fourth-order valence-corrected chi connectivity index (χ4v) is 2.58. The second-order valence-electron chi connectivity index (χ2n) is 5.02. The first-order valence-electron chi connectivity index (χ1n) is 6.55. The summed E-state index contributed by atoms with van der Waals surface area (Å²) in [5.74, 6) is 0.446. The van der Waals surface area contributed by atoms with Crippen LogP contribution in [-0.4, -0.2) is 15.1 Å². The minimum Gasteiger partial charge on any atom is -0.493 e. The van der Waals surface area contributed by atoms with Crippen LogP contribution in [0.2, 0.25) is 0 Å². The van der Waals surface area contributed by atoms with Gasteiger partial charge in [0.05, 0.1) is 11.0 Å². The first-order chi connectivity index (χ1) is 9.17. The molecule has 0 amide bonds. The van der Waals surface area contributed by atoms with E-state index in [9.17, 15) is 9.90 Å². The van der Waals surface area contributed by atoms with Crippen LogP contribution in [0.3, 0.4) is 0 Å². The van der Waals surface area contributed by atoms with Crippen LogP contribution in [0.1, 0.15) is 36.7 Å². The van der Waals surface area contributed by atoms with Gasteiger partial charge >= 0.3 is 0 Å². The van der Waals surface area contributed by atoms with Crippen LogP contribution in [0.5, 0.6) is 5.88 Å². The molecule has 4 nitrogen and oxygen atoms in total. The zero-order valence-electron chi connectivity index (χ0n) is 10.8. The van der Waals surface area contributed by atoms with Crippen molar-refractivity contribution in [1.29, 1.82) is 0 Å². The maximum atomic E-state index is 11.9. The average Bonchev–Trinajstić information content (AvgIpc) is 3.21. The summed E-state index contributed by atoms with van der Waals surface area (Å²) in [5.41, 5.74) is 1.05. The van der Waals surface area contributed by atoms with E-state index in [1.807, 2.05) is 37.3 Å². The van der Waals surface area contributed by atoms with Gasteiger partial charge in [-0.2, -0.15) is 4.98 Å². The molecule has 1 saturated carbocycles. The molecule has 0 radical (unpaired) electrons. The van der Waals surface area contributed by atoms with Gasteiger partial charge in [-0.15, -0.1) is 0 Å². The maximum Gasteiger partial charge on any atom is 0.257 e. The molecule has 1 heterocycles. The van der Waals surface area contributed by atoms with Crippen molar-refractivity contribution in [3.63, 3.8) is 0 Å². The van der Waals surface area contributed by atoms with Crippen LogP contribution in [-0.2, 0) is 11.8 Å². The number of nitrogens with zero attached hydrogens (tertiary/aromatic N) is 1. The maximum absolute atomic E-state index is 11.9. The van der Waals surface area contributed by atoms with Crippen molar-refractivity contribution in [2.75, 3.05) is 0 Å². The molecule has 0 aliphatic heterocycles. The first kappa shape index (κ1) is 12.0. The second kappa shape index (κ2) is 4.23. The summed E-state index contributed by atoms with van der Waals surface area (Å²) in [6.45, 7) is 1.83. The van der Waals surface area contributed by atoms with E-state index >= 15 is 0 Å². The smallest absolute Gasteiger partial charge is 0.257 e. The lowest BCUT2D eigenvalue weighted by atomic mass is 9.95. The van der Waals surface area contributed by atoms with E-state index in [4.69, 9.17) is 0 Å². The minimum atomic E-state index is -0.229. The third kappa shape index (κ3) is 1.84. The van der Waals surface area contributed by atoms with Crippen LogP contribution >= 0.6 is 0 Å². The molecule has 0 unspecified atom stereocenters. The molecule has 1 aromatic carbocycles. The Hall–Kier alpha value is -2.10. The third-order valence-corrected chi connectivity index (χ3v) is 3.88. The van der Waals surface area contributed by atoms with Crippen molar-refractivity contribution in [3.8, 4) is 5.88 Å². The fraction of sp³-hybridized carbons (Fsp3) is 0.333. The summed E-state index contributed by atoms with van der Waals surface area (Å²) in [6, 6.07) is 10.0. The molecule has 1 aromatic heterocycles. The number of benzene rings is 1. The second-order valence-corrected chi connectivity index (χ2v) is 5.02. The number of hydrogen-bond donors (Lipinski definition) is 2. The third-order valence-electron chi connectivity index (χ3n) is 3.88. The SMILES string of the molecule is CCc1c(O)nc(C2(c3ccccc3)CC2)[nH]c1=O. The average molecular weight is 256 g/mol. The van der Waals surface area contributed by atoms with Crippen LogP contribution < -0.4 is 5.56 Å². The van der Waals surface area contributed by atoms with E-state index in [0.29, 0.717) is 17.8 Å². The quantitative estimate of drug-likeness (QED) is 0.884. The van der Waals surface area contributed by atoms with Gasteiger partial charge in [-0.05, 0) is 24.8 Å². The van der Waals surface area contributed by atoms with Crippen molar-refractivity contribution < 1.29 is 5.11 Å². The molecule has 0 atom stereocenters. The zero-order valence-corrected chi connectivity index (χ0v) is 10.8. The van der Waals surface area contributed by atoms with Crippen molar-refractivity contribution in [2.24, 2.45) is 0 Å². The van der Waals surface area contributed by atoms with Gasteiger partial charge in [0.1, 0.15) is 5.82 Å². The Morgan fingerprint density at radius 1 is 1.32 bits per heavy atom. The van der Waals surface area contributed by atoms with Crippen molar-refractivity contribution in [1.82, 2.24) is 9.97 Å². The van der Waals surface area contributed by atoms with Gasteiger partial charge in [0, 0.05) is 0 Å². The molecule has 19 heavy (non-hydrogen) atoms. The number of nitrogens with one attached hydrogen (secondary N) is 1. The number of hydrogen-bond acceptors (Lipinski definition) is 3. The largest absolute Gasteiger partial charge is 0.493 e. The molecule has 4 heteroatoms. The molecule has 0 bridgehead atoms. The van der Waals surface area contributed by atoms with Gasteiger partial charge < -0.3 is 10.1 Å². The summed E-state index contributed by atoms with van der Waals surface area (Å²) in [6.07, 6.45) is 2.38. The van der Waals surface area contributed by atoms with Gasteiger partial charge in [-0.1, -0.05) is 37.3 Å². The first-order valence-corrected chi connectivity index (χ1v) is 6.55. The molecule has 0 saturated heterocycles. The Morgan fingerprint density at radius 3 is 2.53 bits per heavy atom. The van der Waals surface area contributed by atoms with Gasteiger partial charge in [0.15, 0.2) is 0 Å². The predicted octanol–water partition coefficient (Wildman–Crippen LogP) is 2.12. The number of aromatic amines is 1. The number of aromatic nitrogens is 2. The highest BCUT2D eigenvalue weighted by Gasteiger charge is 2.48. The Bertz CT molecular complexity index is 658. The highest BCUT2D eigenvalue weighted by Crippen LogP contribution is 2.52. The fourth-order valence-electron chi connectivity index (χ4n) is 2.58. The standard InChI is InChI=1S/C15H16N2O2/c1-2-11-12(18)16-14(17-13(11)19)15(8-9-15)10-6-4-3-5-7-10/h3-7H,2,8-9H2,1H3,(H2,16,17,18,19). The molecule has 2 aromatic rings. The summed E-state index contributed by atoms with van der Waals surface area (Å²) < 4.78 is 0. The monoisotopic (exact) mass is 256 g/mol. The molecule has 1 aliphatic rings. The van der Waals surface area contributed by atoms with E-state index in [-0.39, 0.29) is 16.9 Å². The van der Waals surface area contributed by atoms with Crippen LogP contribution in [0.15, 0.2) is 35.1 Å². The number of rotatable bonds is 3. The molecule has 1 aliphatic carbocycles. The van der Waals surface area contributed by atoms with Crippen molar-refractivity contribution in [3.05, 3.63) is 57.6 Å². The lowest BCUT2D eigenvalue weighted by Crippen LogP contribution is -2.22. The zero-order chi connectivity index (χ0) is 13.5. The van der Waals surface area contributed by atoms with Crippen LogP contribution in [0.25, 0.3) is 0 Å². The normalized spacial score (nSPS) is 16.3. The lowest BCUT2D eigenvalue weighted by Gasteiger charge is -2.15. The van der Waals surface area contributed by atoms with Gasteiger partial charge in [-0.25, -0.2) is 0 Å². The Kier molecular flexibility index (Phi) is 2.66. The predicted molar refractivity (Wildman–Crippen MR) is 72.4 cm³/mol. The molecular weight excluding hydrogens is 240 g/mol. The van der Waals surface area contributed by atoms with E-state index in [1.54, 1.807) is 0 Å². The van der Waals surface area contributed by atoms with Crippen LogP contribution in [0.4, 0.5) is 0 Å². The van der Waals surface area contributed by atoms with Gasteiger partial charge in [0.25, 0.3) is 5.56 Å². The van der Waals surface area contributed by atoms with Crippen LogP contribution in [0, 0.1) is 0 Å². The topological polar surface area (TPSA) is 66.0 Å². The summed E-state index contributed by atoms with van der Waals surface area (Å²) >= 11 is 0. The van der Waals surface area contributed by atoms with E-state index in [1.165, 1.54) is 0 Å². The Balaban J connectivity index is 2.11. The molecule has 1 fully saturated rings. The summed E-state index contributed by atoms with van der Waals surface area (Å²) in [7, 11) is 0. The molecule has 0 spiro atoms. The molecular formula is C15H16N2O2. The molecule has 2 N–H and O–H groups in total. The Morgan fingerprint density at radius 2 is 2.00 bits per heavy atom. The molecule has 3 rings (SSSR count). The van der Waals surface area contributed by atoms with E-state index in [0.717, 1.165) is 18.4 Å². The lowest BCUT2D eigenvalue weighted by molar-refractivity contribution is 0.437. The summed E-state index contributed by atoms with van der Waals surface area (Å²) in [4.78, 5) is 19.0. The minimum absolute atomic E-state index is 0.136. The van der Waals surface area contributed by atoms with E-state index in [2.05, 4.69) is 9.97 Å². The number of H-pyrrole nitrogens is 1. The van der Waals surface area contributed by atoms with Gasteiger partial charge in [-0.3, -0.25) is 4.79 Å². The number of aromatic hydroxyl groups is 1. The van der Waals surface area contributed by atoms with Gasteiger partial charge in [0.2, 0.25) is 5.88 Å².